The van der Waals surface area contributed by atoms with Crippen molar-refractivity contribution in [3.63, 3.8) is 0 Å². The number of amides is 1. The Hall–Kier alpha value is -1.28. The van der Waals surface area contributed by atoms with Gasteiger partial charge in [0.1, 0.15) is 13.2 Å². The van der Waals surface area contributed by atoms with Crippen LogP contribution in [0.1, 0.15) is 284 Å². The molecule has 0 radical (unpaired) electrons. The van der Waals surface area contributed by atoms with E-state index in [1.54, 1.807) is 6.08 Å². The number of hydrogen-bond donors (Lipinski definition) is 3. The third-order valence-corrected chi connectivity index (χ3v) is 14.3. The number of phosphoric acid groups is 1. The first-order valence-electron chi connectivity index (χ1n) is 29.4. The van der Waals surface area contributed by atoms with Crippen LogP contribution in [0.5, 0.6) is 0 Å². The lowest BCUT2D eigenvalue weighted by atomic mass is 10.0. The Labute approximate surface area is 423 Å². The van der Waals surface area contributed by atoms with Crippen molar-refractivity contribution in [2.45, 2.75) is 296 Å². The number of nitrogens with zero attached hydrogens (tertiary/aromatic N) is 1. The number of allylic oxidation sites excluding steroid dienone is 5. The molecule has 0 bridgehead atoms. The number of quaternary nitrogens is 1. The summed E-state index contributed by atoms with van der Waals surface area (Å²) in [6, 6.07) is -0.864. The van der Waals surface area contributed by atoms with Gasteiger partial charge in [-0.25, -0.2) is 4.57 Å². The molecule has 3 atom stereocenters. The smallest absolute Gasteiger partial charge is 0.387 e. The summed E-state index contributed by atoms with van der Waals surface area (Å²) in [5, 5.41) is 13.9. The van der Waals surface area contributed by atoms with Crippen molar-refractivity contribution in [3.05, 3.63) is 36.5 Å². The number of rotatable bonds is 54. The van der Waals surface area contributed by atoms with Gasteiger partial charge in [-0.05, 0) is 57.8 Å². The van der Waals surface area contributed by atoms with Crippen molar-refractivity contribution in [2.75, 3.05) is 40.9 Å². The lowest BCUT2D eigenvalue weighted by Crippen LogP contribution is -2.45. The average Bonchev–Trinajstić information content (AvgIpc) is 3.30. The molecule has 8 nitrogen and oxygen atoms in total. The maximum Gasteiger partial charge on any atom is 0.472 e. The summed E-state index contributed by atoms with van der Waals surface area (Å²) in [4.78, 5) is 23.3. The molecule has 0 saturated heterocycles. The van der Waals surface area contributed by atoms with E-state index >= 15 is 0 Å². The Morgan fingerprint density at radius 2 is 0.809 bits per heavy atom. The molecule has 0 aromatic rings. The van der Waals surface area contributed by atoms with E-state index < -0.39 is 20.0 Å². The standard InChI is InChI=1S/C59H115N2O6P/c1-6-8-10-12-14-16-18-20-22-24-26-27-28-29-30-31-32-33-35-36-38-40-42-44-46-48-50-52-58(62)57(56-67-68(64,65)66-55-54-61(3,4)5)60-59(63)53-51-49-47-45-43-41-39-37-34-25-23-21-19-17-15-13-11-9-7-2/h21,23,42,44,50,52,57-58,62H,6-20,22,24-41,43,45-49,51,53-56H2,1-5H3,(H-,60,63,64,65)/p+1/b23-21-,44-42+,52-50+. The summed E-state index contributed by atoms with van der Waals surface area (Å²) < 4.78 is 23.7. The fourth-order valence-electron chi connectivity index (χ4n) is 8.70. The van der Waals surface area contributed by atoms with Gasteiger partial charge in [0.05, 0.1) is 39.9 Å². The van der Waals surface area contributed by atoms with Gasteiger partial charge < -0.3 is 19.8 Å². The fourth-order valence-corrected chi connectivity index (χ4v) is 9.44. The first kappa shape index (κ1) is 66.7. The number of aliphatic hydroxyl groups is 1. The van der Waals surface area contributed by atoms with Crippen LogP contribution in [0.3, 0.4) is 0 Å². The molecular formula is C59H116N2O6P+. The number of phosphoric ester groups is 1. The Morgan fingerprint density at radius 3 is 1.18 bits per heavy atom. The van der Waals surface area contributed by atoms with Crippen LogP contribution in [-0.4, -0.2) is 73.4 Å². The summed E-state index contributed by atoms with van der Waals surface area (Å²) in [6.45, 7) is 4.82. The number of unbranched alkanes of at least 4 members (excludes halogenated alkanes) is 37. The Kier molecular flexibility index (Phi) is 49.7. The SMILES string of the molecule is CCCCCCCC/C=C\CCCCCCCCCCCC(=O)NC(COP(=O)(O)OCC[N+](C)(C)C)C(O)/C=C/CC/C=C/CCCCCCCCCCCCCCCCCCCCCCC. The average molecular weight is 981 g/mol. The van der Waals surface area contributed by atoms with Gasteiger partial charge >= 0.3 is 7.82 Å². The summed E-state index contributed by atoms with van der Waals surface area (Å²) in [5.41, 5.74) is 0. The molecule has 0 aliphatic heterocycles. The lowest BCUT2D eigenvalue weighted by Gasteiger charge is -2.25. The van der Waals surface area contributed by atoms with Crippen LogP contribution in [0.4, 0.5) is 0 Å². The lowest BCUT2D eigenvalue weighted by molar-refractivity contribution is -0.870. The molecule has 0 rings (SSSR count). The zero-order valence-electron chi connectivity index (χ0n) is 45.9. The second-order valence-corrected chi connectivity index (χ2v) is 22.8. The molecule has 0 heterocycles. The van der Waals surface area contributed by atoms with Crippen LogP contribution in [0.25, 0.3) is 0 Å². The normalized spacial score (nSPS) is 14.2. The maximum atomic E-state index is 13.0. The van der Waals surface area contributed by atoms with E-state index in [1.807, 2.05) is 27.2 Å². The Balaban J connectivity index is 4.22. The van der Waals surface area contributed by atoms with Gasteiger partial charge in [-0.3, -0.25) is 13.8 Å². The summed E-state index contributed by atoms with van der Waals surface area (Å²) in [5.74, 6) is -0.186. The van der Waals surface area contributed by atoms with Gasteiger partial charge in [0.15, 0.2) is 0 Å². The van der Waals surface area contributed by atoms with Gasteiger partial charge in [0.2, 0.25) is 5.91 Å². The summed E-state index contributed by atoms with van der Waals surface area (Å²) in [6.07, 6.45) is 65.4. The number of aliphatic hydroxyl groups excluding tert-OH is 1. The number of carbonyl (C=O) groups is 1. The van der Waals surface area contributed by atoms with E-state index in [9.17, 15) is 19.4 Å². The van der Waals surface area contributed by atoms with Crippen LogP contribution < -0.4 is 5.32 Å². The van der Waals surface area contributed by atoms with Crippen molar-refractivity contribution in [1.82, 2.24) is 5.32 Å². The van der Waals surface area contributed by atoms with Gasteiger partial charge in [-0.15, -0.1) is 0 Å². The minimum absolute atomic E-state index is 0.0564. The molecule has 68 heavy (non-hydrogen) atoms. The third kappa shape index (κ3) is 52.5. The van der Waals surface area contributed by atoms with Crippen LogP contribution in [0, 0.1) is 0 Å². The molecule has 402 valence electrons. The molecule has 3 N–H and O–H groups in total. The molecule has 0 spiro atoms. The Bertz CT molecular complexity index is 1200. The first-order chi connectivity index (χ1) is 33.0. The number of hydrogen-bond acceptors (Lipinski definition) is 5. The highest BCUT2D eigenvalue weighted by atomic mass is 31.2. The Morgan fingerprint density at radius 1 is 0.485 bits per heavy atom. The van der Waals surface area contributed by atoms with E-state index in [1.165, 1.54) is 225 Å². The summed E-state index contributed by atoms with van der Waals surface area (Å²) >= 11 is 0. The monoisotopic (exact) mass is 980 g/mol. The van der Waals surface area contributed by atoms with E-state index in [-0.39, 0.29) is 19.1 Å². The van der Waals surface area contributed by atoms with Crippen molar-refractivity contribution in [3.8, 4) is 0 Å². The minimum Gasteiger partial charge on any atom is -0.387 e. The van der Waals surface area contributed by atoms with Gasteiger partial charge in [0, 0.05) is 6.42 Å². The number of nitrogens with one attached hydrogen (secondary N) is 1. The summed E-state index contributed by atoms with van der Waals surface area (Å²) in [7, 11) is 1.56. The number of likely N-dealkylation sites (N-methyl/N-ethyl adjacent to an activating group) is 1. The fraction of sp³-hybridized carbons (Fsp3) is 0.881. The highest BCUT2D eigenvalue weighted by Gasteiger charge is 2.27. The van der Waals surface area contributed by atoms with E-state index in [0.717, 1.165) is 38.5 Å². The quantitative estimate of drug-likeness (QED) is 0.0243. The van der Waals surface area contributed by atoms with Crippen LogP contribution in [0.15, 0.2) is 36.5 Å². The maximum absolute atomic E-state index is 13.0. The molecule has 0 aliphatic rings. The molecule has 3 unspecified atom stereocenters. The van der Waals surface area contributed by atoms with Crippen molar-refractivity contribution < 1.29 is 32.9 Å². The van der Waals surface area contributed by atoms with E-state index in [0.29, 0.717) is 17.4 Å². The van der Waals surface area contributed by atoms with Crippen LogP contribution in [0.2, 0.25) is 0 Å². The van der Waals surface area contributed by atoms with Crippen molar-refractivity contribution in [1.29, 1.82) is 0 Å². The van der Waals surface area contributed by atoms with Gasteiger partial charge in [0.25, 0.3) is 0 Å². The largest absolute Gasteiger partial charge is 0.472 e. The van der Waals surface area contributed by atoms with E-state index in [4.69, 9.17) is 9.05 Å². The third-order valence-electron chi connectivity index (χ3n) is 13.3. The van der Waals surface area contributed by atoms with Crippen LogP contribution >= 0.6 is 7.82 Å². The van der Waals surface area contributed by atoms with Gasteiger partial charge in [-0.1, -0.05) is 256 Å². The van der Waals surface area contributed by atoms with Gasteiger partial charge in [-0.2, -0.15) is 0 Å². The number of carbonyl (C=O) groups excluding carboxylic acids is 1. The first-order valence-corrected chi connectivity index (χ1v) is 30.9. The molecule has 0 fully saturated rings. The molecule has 0 aliphatic carbocycles. The van der Waals surface area contributed by atoms with E-state index in [2.05, 4.69) is 43.5 Å². The molecule has 1 amide bonds. The molecule has 0 aromatic carbocycles. The highest BCUT2D eigenvalue weighted by molar-refractivity contribution is 7.47. The topological polar surface area (TPSA) is 105 Å². The predicted octanol–water partition coefficient (Wildman–Crippen LogP) is 17.8. The molecular weight excluding hydrogens is 864 g/mol. The molecule has 9 heteroatoms. The van der Waals surface area contributed by atoms with Crippen LogP contribution in [-0.2, 0) is 18.4 Å². The zero-order chi connectivity index (χ0) is 49.9. The molecule has 0 saturated carbocycles. The highest BCUT2D eigenvalue weighted by Crippen LogP contribution is 2.43. The second kappa shape index (κ2) is 50.7. The predicted molar refractivity (Wildman–Crippen MR) is 295 cm³/mol. The molecule has 0 aromatic heterocycles. The minimum atomic E-state index is -4.35. The van der Waals surface area contributed by atoms with Crippen molar-refractivity contribution >= 4 is 13.7 Å². The van der Waals surface area contributed by atoms with Crippen molar-refractivity contribution in [2.24, 2.45) is 0 Å². The second-order valence-electron chi connectivity index (χ2n) is 21.4. The zero-order valence-corrected chi connectivity index (χ0v) is 46.8.